The summed E-state index contributed by atoms with van der Waals surface area (Å²) in [6, 6.07) is 10.3. The largest absolute Gasteiger partial charge is 0.462 e. The van der Waals surface area contributed by atoms with E-state index in [1.807, 2.05) is 18.2 Å². The number of hydrogen-bond donors (Lipinski definition) is 2. The van der Waals surface area contributed by atoms with Gasteiger partial charge in [-0.1, -0.05) is 6.07 Å². The second kappa shape index (κ2) is 9.61. The minimum Gasteiger partial charge on any atom is -0.462 e. The van der Waals surface area contributed by atoms with Gasteiger partial charge in [-0.3, -0.25) is 14.6 Å². The molecule has 9 nitrogen and oxygen atoms in total. The van der Waals surface area contributed by atoms with Gasteiger partial charge < -0.3 is 24.7 Å². The van der Waals surface area contributed by atoms with E-state index in [1.54, 1.807) is 46.8 Å². The zero-order chi connectivity index (χ0) is 22.5. The van der Waals surface area contributed by atoms with E-state index in [-0.39, 0.29) is 30.5 Å². The predicted molar refractivity (Wildman–Crippen MR) is 118 cm³/mol. The van der Waals surface area contributed by atoms with E-state index in [4.69, 9.17) is 4.74 Å². The molecule has 0 bridgehead atoms. The van der Waals surface area contributed by atoms with Crippen molar-refractivity contribution in [2.75, 3.05) is 32.8 Å². The number of fused-ring (bicyclic) bond motifs is 1. The highest BCUT2D eigenvalue weighted by molar-refractivity contribution is 6.05. The highest BCUT2D eigenvalue weighted by Crippen LogP contribution is 2.22. The molecule has 0 saturated carbocycles. The van der Waals surface area contributed by atoms with E-state index in [9.17, 15) is 14.4 Å². The Morgan fingerprint density at radius 1 is 1.16 bits per heavy atom. The van der Waals surface area contributed by atoms with Crippen molar-refractivity contribution < 1.29 is 19.1 Å². The molecule has 0 atom stereocenters. The van der Waals surface area contributed by atoms with Crippen molar-refractivity contribution in [3.05, 3.63) is 71.3 Å². The number of pyridine rings is 2. The third-order valence-corrected chi connectivity index (χ3v) is 5.31. The van der Waals surface area contributed by atoms with E-state index < -0.39 is 5.97 Å². The molecule has 32 heavy (non-hydrogen) atoms. The normalized spacial score (nSPS) is 13.7. The second-order valence-corrected chi connectivity index (χ2v) is 7.38. The van der Waals surface area contributed by atoms with Crippen LogP contribution in [0.1, 0.15) is 43.8 Å². The average molecular weight is 435 g/mol. The number of carbonyl (C=O) groups is 3. The molecule has 0 radical (unpaired) electrons. The van der Waals surface area contributed by atoms with Crippen molar-refractivity contribution in [1.82, 2.24) is 24.9 Å². The van der Waals surface area contributed by atoms with Crippen molar-refractivity contribution in [2.24, 2.45) is 0 Å². The van der Waals surface area contributed by atoms with Gasteiger partial charge in [-0.05, 0) is 37.3 Å². The summed E-state index contributed by atoms with van der Waals surface area (Å²) >= 11 is 0. The van der Waals surface area contributed by atoms with Gasteiger partial charge in [0.2, 0.25) is 0 Å². The van der Waals surface area contributed by atoms with Gasteiger partial charge in [-0.25, -0.2) is 4.79 Å². The molecule has 9 heteroatoms. The summed E-state index contributed by atoms with van der Waals surface area (Å²) in [7, 11) is 0. The van der Waals surface area contributed by atoms with Gasteiger partial charge in [0.1, 0.15) is 5.69 Å². The highest BCUT2D eigenvalue weighted by atomic mass is 16.5. The van der Waals surface area contributed by atoms with Crippen molar-refractivity contribution in [3.63, 3.8) is 0 Å². The molecule has 1 fully saturated rings. The smallest absolute Gasteiger partial charge is 0.340 e. The van der Waals surface area contributed by atoms with Crippen LogP contribution in [0, 0.1) is 0 Å². The number of carbonyl (C=O) groups excluding carboxylic acids is 3. The van der Waals surface area contributed by atoms with Crippen LogP contribution in [0.2, 0.25) is 0 Å². The Balaban J connectivity index is 1.65. The van der Waals surface area contributed by atoms with Crippen LogP contribution < -0.4 is 10.6 Å². The lowest BCUT2D eigenvalue weighted by Crippen LogP contribution is -2.46. The summed E-state index contributed by atoms with van der Waals surface area (Å²) in [6.45, 7) is 4.84. The average Bonchev–Trinajstić information content (AvgIpc) is 3.22. The Hall–Kier alpha value is -3.72. The topological polar surface area (TPSA) is 105 Å². The summed E-state index contributed by atoms with van der Waals surface area (Å²) in [4.78, 5) is 44.4. The van der Waals surface area contributed by atoms with E-state index in [0.717, 1.165) is 18.8 Å². The molecule has 2 N–H and O–H groups in total. The van der Waals surface area contributed by atoms with Gasteiger partial charge in [0.05, 0.1) is 29.9 Å². The summed E-state index contributed by atoms with van der Waals surface area (Å²) < 4.78 is 6.83. The first-order chi connectivity index (χ1) is 15.6. The van der Waals surface area contributed by atoms with Crippen LogP contribution in [-0.2, 0) is 11.3 Å². The molecule has 0 spiro atoms. The molecule has 166 valence electrons. The first kappa shape index (κ1) is 21.5. The van der Waals surface area contributed by atoms with Crippen molar-refractivity contribution in [1.29, 1.82) is 0 Å². The maximum atomic E-state index is 13.1. The van der Waals surface area contributed by atoms with Crippen molar-refractivity contribution in [2.45, 2.75) is 13.5 Å². The molecule has 3 aromatic heterocycles. The maximum Gasteiger partial charge on any atom is 0.340 e. The molecule has 0 aromatic carbocycles. The Labute approximate surface area is 185 Å². The Bertz CT molecular complexity index is 1140. The van der Waals surface area contributed by atoms with Gasteiger partial charge in [0.15, 0.2) is 0 Å². The monoisotopic (exact) mass is 435 g/mol. The fraction of sp³-hybridized carbons (Fsp3) is 0.304. The van der Waals surface area contributed by atoms with E-state index >= 15 is 0 Å². The van der Waals surface area contributed by atoms with Crippen LogP contribution in [0.3, 0.4) is 0 Å². The molecule has 1 saturated heterocycles. The van der Waals surface area contributed by atoms with Crippen LogP contribution >= 0.6 is 0 Å². The quantitative estimate of drug-likeness (QED) is 0.569. The summed E-state index contributed by atoms with van der Waals surface area (Å²) in [5.74, 6) is -0.996. The van der Waals surface area contributed by atoms with Gasteiger partial charge in [-0.15, -0.1) is 0 Å². The molecular weight excluding hydrogens is 410 g/mol. The first-order valence-electron chi connectivity index (χ1n) is 10.6. The predicted octanol–water partition coefficient (Wildman–Crippen LogP) is 1.49. The number of esters is 1. The molecule has 3 aromatic rings. The lowest BCUT2D eigenvalue weighted by Gasteiger charge is -2.27. The van der Waals surface area contributed by atoms with E-state index in [2.05, 4.69) is 15.6 Å². The SMILES string of the molecule is CCOC(=O)c1cc(C(=O)N2CCNCC2)n2ccc(C(=O)NCc3ccccn3)cc12. The number of amides is 2. The van der Waals surface area contributed by atoms with Crippen LogP contribution in [0.4, 0.5) is 0 Å². The zero-order valence-corrected chi connectivity index (χ0v) is 17.8. The first-order valence-corrected chi connectivity index (χ1v) is 10.6. The number of aromatic nitrogens is 2. The maximum absolute atomic E-state index is 13.1. The number of rotatable bonds is 6. The fourth-order valence-corrected chi connectivity index (χ4v) is 3.68. The molecule has 1 aliphatic rings. The Morgan fingerprint density at radius 2 is 1.97 bits per heavy atom. The number of nitrogens with zero attached hydrogens (tertiary/aromatic N) is 3. The fourth-order valence-electron chi connectivity index (χ4n) is 3.68. The molecule has 4 heterocycles. The van der Waals surface area contributed by atoms with Gasteiger partial charge in [0, 0.05) is 44.1 Å². The van der Waals surface area contributed by atoms with Gasteiger partial charge in [0.25, 0.3) is 11.8 Å². The Morgan fingerprint density at radius 3 is 2.69 bits per heavy atom. The summed E-state index contributed by atoms with van der Waals surface area (Å²) in [5.41, 5.74) is 2.18. The van der Waals surface area contributed by atoms with Crippen LogP contribution in [0.5, 0.6) is 0 Å². The van der Waals surface area contributed by atoms with Crippen molar-refractivity contribution in [3.8, 4) is 0 Å². The molecule has 0 aliphatic carbocycles. The summed E-state index contributed by atoms with van der Waals surface area (Å²) in [5, 5.41) is 6.04. The molecular formula is C23H25N5O4. The van der Waals surface area contributed by atoms with Crippen LogP contribution in [0.15, 0.2) is 48.8 Å². The minimum absolute atomic E-state index is 0.163. The molecule has 2 amide bonds. The third kappa shape index (κ3) is 4.47. The van der Waals surface area contributed by atoms with Gasteiger partial charge in [-0.2, -0.15) is 0 Å². The van der Waals surface area contributed by atoms with Crippen LogP contribution in [0.25, 0.3) is 5.52 Å². The summed E-state index contributed by atoms with van der Waals surface area (Å²) in [6.07, 6.45) is 3.31. The van der Waals surface area contributed by atoms with Gasteiger partial charge >= 0.3 is 5.97 Å². The van der Waals surface area contributed by atoms with E-state index in [0.29, 0.717) is 29.9 Å². The third-order valence-electron chi connectivity index (χ3n) is 5.31. The zero-order valence-electron chi connectivity index (χ0n) is 17.8. The van der Waals surface area contributed by atoms with Crippen LogP contribution in [-0.4, -0.2) is 64.9 Å². The highest BCUT2D eigenvalue weighted by Gasteiger charge is 2.25. The molecule has 1 aliphatic heterocycles. The van der Waals surface area contributed by atoms with Crippen molar-refractivity contribution >= 4 is 23.3 Å². The lowest BCUT2D eigenvalue weighted by molar-refractivity contribution is 0.0528. The molecule has 0 unspecified atom stereocenters. The number of hydrogen-bond acceptors (Lipinski definition) is 6. The standard InChI is InChI=1S/C23H25N5O4/c1-2-32-23(31)18-14-20(22(30)27-11-8-24-9-12-27)28-10-6-16(13-19(18)28)21(29)26-15-17-5-3-4-7-25-17/h3-7,10,13-14,24H,2,8-9,11-12,15H2,1H3,(H,26,29). The lowest BCUT2D eigenvalue weighted by atomic mass is 10.2. The number of ether oxygens (including phenoxy) is 1. The Kier molecular flexibility index (Phi) is 6.46. The number of piperazine rings is 1. The minimum atomic E-state index is -0.532. The number of nitrogens with one attached hydrogen (secondary N) is 2. The van der Waals surface area contributed by atoms with E-state index in [1.165, 1.54) is 0 Å². The second-order valence-electron chi connectivity index (χ2n) is 7.38. The molecule has 4 rings (SSSR count).